The maximum atomic E-state index is 12.4. The number of Topliss-reactive ketones (excluding diaryl/α,β-unsaturated/α-hetero) is 1. The van der Waals surface area contributed by atoms with Crippen molar-refractivity contribution in [1.29, 1.82) is 0 Å². The molecule has 108 valence electrons. The number of carbonyl (C=O) groups excluding carboxylic acids is 2. The van der Waals surface area contributed by atoms with Crippen LogP contribution in [0.2, 0.25) is 0 Å². The minimum absolute atomic E-state index is 0.0423. The van der Waals surface area contributed by atoms with Gasteiger partial charge in [0.2, 0.25) is 10.9 Å². The number of hydrogen-bond donors (Lipinski definition) is 1. The highest BCUT2D eigenvalue weighted by Gasteiger charge is 2.19. The van der Waals surface area contributed by atoms with E-state index >= 15 is 0 Å². The lowest BCUT2D eigenvalue weighted by Crippen LogP contribution is -2.19. The molecule has 5 heteroatoms. The maximum absolute atomic E-state index is 12.4. The number of fused-ring (bicyclic) bond motifs is 1. The molecule has 1 aliphatic heterocycles. The highest BCUT2D eigenvalue weighted by molar-refractivity contribution is 7.11. The first-order valence-electron chi connectivity index (χ1n) is 6.97. The molecule has 1 aliphatic rings. The number of thiazole rings is 1. The monoisotopic (exact) mass is 301 g/mol. The molecule has 0 spiro atoms. The van der Waals surface area contributed by atoms with E-state index in [9.17, 15) is 9.59 Å². The zero-order chi connectivity index (χ0) is 15.0. The van der Waals surface area contributed by atoms with E-state index in [1.54, 1.807) is 17.4 Å². The minimum Gasteiger partial charge on any atom is -0.326 e. The molecule has 0 saturated carbocycles. The van der Waals surface area contributed by atoms with Crippen molar-refractivity contribution in [3.05, 3.63) is 44.9 Å². The van der Waals surface area contributed by atoms with Gasteiger partial charge in [-0.05, 0) is 37.1 Å². The molecule has 0 aliphatic carbocycles. The van der Waals surface area contributed by atoms with E-state index in [0.29, 0.717) is 24.8 Å². The van der Waals surface area contributed by atoms with E-state index in [1.165, 1.54) is 4.88 Å². The Balaban J connectivity index is 1.80. The molecule has 1 aromatic heterocycles. The Morgan fingerprint density at radius 2 is 2.14 bits per heavy atom. The van der Waals surface area contributed by atoms with Gasteiger partial charge in [-0.2, -0.15) is 0 Å². The molecule has 2 N–H and O–H groups in total. The van der Waals surface area contributed by atoms with E-state index < -0.39 is 0 Å². The molecule has 2 heterocycles. The average molecular weight is 301 g/mol. The summed E-state index contributed by atoms with van der Waals surface area (Å²) in [5.41, 5.74) is 3.71. The predicted molar refractivity (Wildman–Crippen MR) is 81.8 cm³/mol. The van der Waals surface area contributed by atoms with Gasteiger partial charge >= 0.3 is 0 Å². The molecule has 0 fully saturated rings. The van der Waals surface area contributed by atoms with E-state index in [1.807, 2.05) is 26.0 Å². The van der Waals surface area contributed by atoms with Gasteiger partial charge < -0.3 is 5.32 Å². The van der Waals surface area contributed by atoms with Crippen LogP contribution < -0.4 is 10.3 Å². The molecule has 2 aromatic rings. The van der Waals surface area contributed by atoms with Crippen LogP contribution in [0.4, 0.5) is 5.69 Å². The number of aromatic nitrogens is 1. The molecule has 0 radical (unpaired) electrons. The van der Waals surface area contributed by atoms with Gasteiger partial charge in [0.25, 0.3) is 0 Å². The lowest BCUT2D eigenvalue weighted by Gasteiger charge is -2.17. The normalized spacial score (nSPS) is 13.7. The summed E-state index contributed by atoms with van der Waals surface area (Å²) in [5.74, 6) is 0.146. The number of ketones is 1. The van der Waals surface area contributed by atoms with Crippen LogP contribution in [0.15, 0.2) is 18.2 Å². The predicted octanol–water partition coefficient (Wildman–Crippen LogP) is 2.49. The van der Waals surface area contributed by atoms with Crippen LogP contribution >= 0.6 is 11.3 Å². The van der Waals surface area contributed by atoms with Gasteiger partial charge in [0.1, 0.15) is 6.42 Å². The lowest BCUT2D eigenvalue weighted by atomic mass is 9.98. The van der Waals surface area contributed by atoms with E-state index in [-0.39, 0.29) is 11.7 Å². The second-order valence-corrected chi connectivity index (χ2v) is 6.66. The van der Waals surface area contributed by atoms with Gasteiger partial charge in [-0.15, -0.1) is 0 Å². The first-order chi connectivity index (χ1) is 10.0. The molecule has 0 saturated heterocycles. The fourth-order valence-electron chi connectivity index (χ4n) is 2.47. The molecule has 1 aromatic carbocycles. The second-order valence-electron chi connectivity index (χ2n) is 5.35. The van der Waals surface area contributed by atoms with Crippen molar-refractivity contribution in [3.63, 3.8) is 0 Å². The number of hydrogen-bond acceptors (Lipinski definition) is 3. The number of aromatic amines is 1. The van der Waals surface area contributed by atoms with E-state index in [4.69, 9.17) is 0 Å². The van der Waals surface area contributed by atoms with E-state index in [0.717, 1.165) is 22.0 Å². The largest absolute Gasteiger partial charge is 0.326 e. The summed E-state index contributed by atoms with van der Waals surface area (Å²) in [7, 11) is 0. The Kier molecular flexibility index (Phi) is 3.59. The number of H-pyrrole nitrogens is 1. The molecular formula is C16H17N2O2S+. The summed E-state index contributed by atoms with van der Waals surface area (Å²) in [6.07, 6.45) is 1.58. The molecule has 0 bridgehead atoms. The summed E-state index contributed by atoms with van der Waals surface area (Å²) < 4.78 is 0. The number of benzene rings is 1. The number of rotatable bonds is 3. The van der Waals surface area contributed by atoms with Crippen molar-refractivity contribution in [2.24, 2.45) is 0 Å². The number of nitrogens with one attached hydrogen (secondary N) is 2. The SMILES string of the molecule is Cc1[nH+]c(CC(=O)c2ccc3c(c2)CCC(=O)N3)sc1C. The van der Waals surface area contributed by atoms with Crippen LogP contribution in [-0.2, 0) is 17.6 Å². The van der Waals surface area contributed by atoms with Gasteiger partial charge in [-0.25, -0.2) is 4.98 Å². The summed E-state index contributed by atoms with van der Waals surface area (Å²) in [4.78, 5) is 28.2. The van der Waals surface area contributed by atoms with Crippen LogP contribution in [0.3, 0.4) is 0 Å². The van der Waals surface area contributed by atoms with Gasteiger partial charge in [0.15, 0.2) is 11.5 Å². The third kappa shape index (κ3) is 2.88. The van der Waals surface area contributed by atoms with Crippen LogP contribution in [0.5, 0.6) is 0 Å². The topological polar surface area (TPSA) is 60.3 Å². The number of anilines is 1. The second kappa shape index (κ2) is 5.41. The minimum atomic E-state index is 0.0423. The number of carbonyl (C=O) groups is 2. The molecule has 1 amide bonds. The average Bonchev–Trinajstić information content (AvgIpc) is 2.76. The summed E-state index contributed by atoms with van der Waals surface area (Å²) in [5, 5.41) is 3.82. The van der Waals surface area contributed by atoms with Crippen molar-refractivity contribution in [2.75, 3.05) is 5.32 Å². The summed E-state index contributed by atoms with van der Waals surface area (Å²) in [6.45, 7) is 4.06. The fraction of sp³-hybridized carbons (Fsp3) is 0.312. The van der Waals surface area contributed by atoms with Crippen molar-refractivity contribution >= 4 is 28.7 Å². The standard InChI is InChI=1S/C16H16N2O2S/c1-9-10(2)21-16(17-9)8-14(19)12-3-5-13-11(7-12)4-6-15(20)18-13/h3,5,7H,4,6,8H2,1-2H3,(H,18,20)/p+1. The first kappa shape index (κ1) is 13.9. The molecule has 0 atom stereocenters. The quantitative estimate of drug-likeness (QED) is 0.885. The van der Waals surface area contributed by atoms with Gasteiger partial charge in [0, 0.05) is 24.6 Å². The van der Waals surface area contributed by atoms with Crippen LogP contribution in [-0.4, -0.2) is 11.7 Å². The Labute approximate surface area is 127 Å². The van der Waals surface area contributed by atoms with Gasteiger partial charge in [0.05, 0.1) is 4.88 Å². The summed E-state index contributed by atoms with van der Waals surface area (Å²) in [6, 6.07) is 5.53. The van der Waals surface area contributed by atoms with Crippen LogP contribution in [0, 0.1) is 13.8 Å². The smallest absolute Gasteiger partial charge is 0.243 e. The molecule has 3 rings (SSSR count). The Morgan fingerprint density at radius 3 is 2.86 bits per heavy atom. The molecule has 21 heavy (non-hydrogen) atoms. The molecule has 4 nitrogen and oxygen atoms in total. The molecular weight excluding hydrogens is 284 g/mol. The Bertz CT molecular complexity index is 714. The highest BCUT2D eigenvalue weighted by Crippen LogP contribution is 2.24. The Morgan fingerprint density at radius 1 is 1.33 bits per heavy atom. The number of aryl methyl sites for hydroxylation is 3. The maximum Gasteiger partial charge on any atom is 0.243 e. The first-order valence-corrected chi connectivity index (χ1v) is 7.79. The summed E-state index contributed by atoms with van der Waals surface area (Å²) >= 11 is 1.63. The van der Waals surface area contributed by atoms with Crippen molar-refractivity contribution in [1.82, 2.24) is 0 Å². The highest BCUT2D eigenvalue weighted by atomic mass is 32.1. The zero-order valence-corrected chi connectivity index (χ0v) is 12.9. The fourth-order valence-corrected chi connectivity index (χ4v) is 3.45. The zero-order valence-electron chi connectivity index (χ0n) is 12.1. The molecule has 0 unspecified atom stereocenters. The lowest BCUT2D eigenvalue weighted by molar-refractivity contribution is -0.390. The van der Waals surface area contributed by atoms with Crippen LogP contribution in [0.25, 0.3) is 0 Å². The van der Waals surface area contributed by atoms with Gasteiger partial charge in [-0.3, -0.25) is 9.59 Å². The number of amides is 1. The van der Waals surface area contributed by atoms with Gasteiger partial charge in [-0.1, -0.05) is 11.3 Å². The van der Waals surface area contributed by atoms with Crippen molar-refractivity contribution < 1.29 is 14.6 Å². The van der Waals surface area contributed by atoms with E-state index in [2.05, 4.69) is 10.3 Å². The third-order valence-electron chi connectivity index (χ3n) is 3.78. The Hall–Kier alpha value is -2.01. The van der Waals surface area contributed by atoms with Crippen molar-refractivity contribution in [3.8, 4) is 0 Å². The third-order valence-corrected chi connectivity index (χ3v) is 4.88. The van der Waals surface area contributed by atoms with Crippen molar-refractivity contribution in [2.45, 2.75) is 33.1 Å². The van der Waals surface area contributed by atoms with Crippen LogP contribution in [0.1, 0.15) is 37.9 Å².